The van der Waals surface area contributed by atoms with Crippen molar-refractivity contribution in [3.05, 3.63) is 28.8 Å². The van der Waals surface area contributed by atoms with Crippen LogP contribution in [0.4, 0.5) is 0 Å². The van der Waals surface area contributed by atoms with Gasteiger partial charge in [0.2, 0.25) is 0 Å². The van der Waals surface area contributed by atoms with Crippen molar-refractivity contribution in [2.45, 2.75) is 33.7 Å². The molecule has 0 radical (unpaired) electrons. The molecule has 2 aromatic heterocycles. The van der Waals surface area contributed by atoms with Crippen molar-refractivity contribution in [3.8, 4) is 0 Å². The fourth-order valence-electron chi connectivity index (χ4n) is 1.94. The lowest BCUT2D eigenvalue weighted by atomic mass is 10.3. The Labute approximate surface area is 117 Å². The number of carbonyl (C=O) groups excluding carboxylic acids is 1. The van der Waals surface area contributed by atoms with Gasteiger partial charge in [0.25, 0.3) is 0 Å². The Kier molecular flexibility index (Phi) is 4.16. The summed E-state index contributed by atoms with van der Waals surface area (Å²) in [5.41, 5.74) is 3.02. The van der Waals surface area contributed by atoms with Crippen LogP contribution >= 0.6 is 0 Å². The maximum absolute atomic E-state index is 11.7. The van der Waals surface area contributed by atoms with Crippen LogP contribution < -0.4 is 0 Å². The second-order valence-electron chi connectivity index (χ2n) is 4.51. The van der Waals surface area contributed by atoms with Crippen molar-refractivity contribution in [1.29, 1.82) is 0 Å². The van der Waals surface area contributed by atoms with Crippen LogP contribution in [0.25, 0.3) is 0 Å². The summed E-state index contributed by atoms with van der Waals surface area (Å²) in [5, 5.41) is 12.3. The molecule has 0 atom stereocenters. The number of rotatable bonds is 5. The number of ether oxygens (including phenoxy) is 1. The van der Waals surface area contributed by atoms with Crippen LogP contribution in [-0.2, 0) is 24.8 Å². The Balaban J connectivity index is 2.22. The van der Waals surface area contributed by atoms with Gasteiger partial charge in [-0.15, -0.1) is 5.10 Å². The van der Waals surface area contributed by atoms with Crippen molar-refractivity contribution in [2.24, 2.45) is 7.05 Å². The fraction of sp³-hybridized carbons (Fsp3) is 0.538. The number of carbonyl (C=O) groups is 1. The van der Waals surface area contributed by atoms with E-state index in [9.17, 15) is 4.79 Å². The van der Waals surface area contributed by atoms with E-state index < -0.39 is 5.97 Å². The molecule has 0 N–H and O–H groups in total. The van der Waals surface area contributed by atoms with E-state index >= 15 is 0 Å². The molecule has 0 aliphatic carbocycles. The van der Waals surface area contributed by atoms with Crippen LogP contribution in [0.15, 0.2) is 6.07 Å². The first kappa shape index (κ1) is 14.2. The standard InChI is InChI=1S/C13H19N5O2/c1-5-10-7-11(17(4)15-10)8-18-9(3)12(14-16-18)13(19)20-6-2/h7H,5-6,8H2,1-4H3. The molecule has 0 unspecified atom stereocenters. The lowest BCUT2D eigenvalue weighted by Gasteiger charge is -2.04. The summed E-state index contributed by atoms with van der Waals surface area (Å²) >= 11 is 0. The molecule has 0 saturated carbocycles. The van der Waals surface area contributed by atoms with E-state index in [2.05, 4.69) is 22.3 Å². The molecule has 108 valence electrons. The van der Waals surface area contributed by atoms with Gasteiger partial charge in [0.1, 0.15) is 0 Å². The van der Waals surface area contributed by atoms with Gasteiger partial charge in [0.15, 0.2) is 5.69 Å². The summed E-state index contributed by atoms with van der Waals surface area (Å²) in [6.07, 6.45) is 0.887. The average Bonchev–Trinajstić information content (AvgIpc) is 2.95. The lowest BCUT2D eigenvalue weighted by molar-refractivity contribution is 0.0518. The molecular formula is C13H19N5O2. The molecule has 0 aromatic carbocycles. The van der Waals surface area contributed by atoms with Gasteiger partial charge >= 0.3 is 5.97 Å². The molecule has 7 nitrogen and oxygen atoms in total. The molecule has 0 aliphatic heterocycles. The Bertz CT molecular complexity index is 614. The smallest absolute Gasteiger partial charge is 0.360 e. The summed E-state index contributed by atoms with van der Waals surface area (Å²) in [6, 6.07) is 2.03. The molecule has 0 amide bonds. The number of aryl methyl sites for hydroxylation is 2. The molecule has 0 aliphatic rings. The minimum absolute atomic E-state index is 0.268. The molecule has 0 fully saturated rings. The topological polar surface area (TPSA) is 74.8 Å². The summed E-state index contributed by atoms with van der Waals surface area (Å²) in [4.78, 5) is 11.7. The third kappa shape index (κ3) is 2.71. The van der Waals surface area contributed by atoms with Crippen LogP contribution in [0.5, 0.6) is 0 Å². The molecule has 0 bridgehead atoms. The van der Waals surface area contributed by atoms with Gasteiger partial charge in [0.05, 0.1) is 30.2 Å². The largest absolute Gasteiger partial charge is 0.461 e. The molecule has 20 heavy (non-hydrogen) atoms. The fourth-order valence-corrected chi connectivity index (χ4v) is 1.94. The minimum Gasteiger partial charge on any atom is -0.461 e. The molecule has 2 heterocycles. The predicted octanol–water partition coefficient (Wildman–Crippen LogP) is 1.11. The van der Waals surface area contributed by atoms with E-state index in [4.69, 9.17) is 4.74 Å². The Morgan fingerprint density at radius 2 is 2.15 bits per heavy atom. The zero-order valence-corrected chi connectivity index (χ0v) is 12.3. The first-order chi connectivity index (χ1) is 9.56. The zero-order chi connectivity index (χ0) is 14.7. The number of esters is 1. The first-order valence-electron chi connectivity index (χ1n) is 6.65. The minimum atomic E-state index is -0.435. The Morgan fingerprint density at radius 3 is 2.75 bits per heavy atom. The van der Waals surface area contributed by atoms with Crippen molar-refractivity contribution in [2.75, 3.05) is 6.61 Å². The van der Waals surface area contributed by atoms with Crippen LogP contribution in [0.2, 0.25) is 0 Å². The molecule has 2 rings (SSSR count). The molecule has 0 saturated heterocycles. The first-order valence-corrected chi connectivity index (χ1v) is 6.65. The van der Waals surface area contributed by atoms with Crippen LogP contribution in [0, 0.1) is 6.92 Å². The van der Waals surface area contributed by atoms with E-state index in [1.165, 1.54) is 0 Å². The van der Waals surface area contributed by atoms with E-state index in [1.807, 2.05) is 24.7 Å². The van der Waals surface area contributed by atoms with Gasteiger partial charge in [-0.05, 0) is 26.3 Å². The molecular weight excluding hydrogens is 258 g/mol. The van der Waals surface area contributed by atoms with E-state index in [1.54, 1.807) is 11.6 Å². The van der Waals surface area contributed by atoms with E-state index in [0.717, 1.165) is 17.8 Å². The second-order valence-corrected chi connectivity index (χ2v) is 4.51. The predicted molar refractivity (Wildman–Crippen MR) is 72.4 cm³/mol. The number of hydrogen-bond donors (Lipinski definition) is 0. The van der Waals surface area contributed by atoms with Crippen molar-refractivity contribution < 1.29 is 9.53 Å². The second kappa shape index (κ2) is 5.85. The quantitative estimate of drug-likeness (QED) is 0.765. The number of nitrogens with zero attached hydrogens (tertiary/aromatic N) is 5. The highest BCUT2D eigenvalue weighted by Crippen LogP contribution is 2.10. The zero-order valence-electron chi connectivity index (χ0n) is 12.3. The number of hydrogen-bond acceptors (Lipinski definition) is 5. The highest BCUT2D eigenvalue weighted by atomic mass is 16.5. The van der Waals surface area contributed by atoms with Gasteiger partial charge in [-0.3, -0.25) is 4.68 Å². The molecule has 2 aromatic rings. The van der Waals surface area contributed by atoms with Crippen molar-refractivity contribution in [3.63, 3.8) is 0 Å². The summed E-state index contributed by atoms with van der Waals surface area (Å²) in [5.74, 6) is -0.435. The van der Waals surface area contributed by atoms with Crippen LogP contribution in [0.1, 0.15) is 41.4 Å². The third-order valence-electron chi connectivity index (χ3n) is 3.15. The van der Waals surface area contributed by atoms with E-state index in [-0.39, 0.29) is 5.69 Å². The maximum Gasteiger partial charge on any atom is 0.360 e. The Hall–Kier alpha value is -2.18. The average molecular weight is 277 g/mol. The van der Waals surface area contributed by atoms with Gasteiger partial charge in [0, 0.05) is 7.05 Å². The highest BCUT2D eigenvalue weighted by molar-refractivity contribution is 5.88. The SMILES string of the molecule is CCOC(=O)c1nnn(Cc2cc(CC)nn2C)c1C. The molecule has 7 heteroatoms. The van der Waals surface area contributed by atoms with Gasteiger partial charge in [-0.1, -0.05) is 12.1 Å². The third-order valence-corrected chi connectivity index (χ3v) is 3.15. The van der Waals surface area contributed by atoms with Crippen LogP contribution in [0.3, 0.4) is 0 Å². The highest BCUT2D eigenvalue weighted by Gasteiger charge is 2.18. The Morgan fingerprint density at radius 1 is 1.40 bits per heavy atom. The maximum atomic E-state index is 11.7. The van der Waals surface area contributed by atoms with Crippen molar-refractivity contribution in [1.82, 2.24) is 24.8 Å². The van der Waals surface area contributed by atoms with Gasteiger partial charge < -0.3 is 4.74 Å². The summed E-state index contributed by atoms with van der Waals surface area (Å²) < 4.78 is 8.45. The lowest BCUT2D eigenvalue weighted by Crippen LogP contribution is -2.10. The summed E-state index contributed by atoms with van der Waals surface area (Å²) in [6.45, 7) is 6.49. The molecule has 0 spiro atoms. The van der Waals surface area contributed by atoms with E-state index in [0.29, 0.717) is 18.8 Å². The number of aromatic nitrogens is 5. The van der Waals surface area contributed by atoms with Crippen molar-refractivity contribution >= 4 is 5.97 Å². The van der Waals surface area contributed by atoms with Gasteiger partial charge in [-0.25, -0.2) is 9.48 Å². The normalized spacial score (nSPS) is 10.8. The van der Waals surface area contributed by atoms with Gasteiger partial charge in [-0.2, -0.15) is 5.10 Å². The monoisotopic (exact) mass is 277 g/mol. The van der Waals surface area contributed by atoms with Crippen LogP contribution in [-0.4, -0.2) is 37.4 Å². The summed E-state index contributed by atoms with van der Waals surface area (Å²) in [7, 11) is 1.90.